The van der Waals surface area contributed by atoms with Gasteiger partial charge >= 0.3 is 5.91 Å². The van der Waals surface area contributed by atoms with Gasteiger partial charge in [0, 0.05) is 5.56 Å². The maximum atomic E-state index is 13.3. The highest BCUT2D eigenvalue weighted by Crippen LogP contribution is 2.43. The molecule has 1 saturated heterocycles. The molecule has 4 aromatic rings. The second kappa shape index (κ2) is 10.5. The quantitative estimate of drug-likeness (QED) is 0.196. The fourth-order valence-corrected chi connectivity index (χ4v) is 5.03. The minimum Gasteiger partial charge on any atom is -0.507 e. The number of Topliss-reactive ketones (excluding diaryl/α,β-unsaturated/α-hetero) is 1. The number of carbonyl (C=O) groups is 2. The lowest BCUT2D eigenvalue weighted by Crippen LogP contribution is -2.29. The SMILES string of the molecule is COc1ccc(C2/C(=C(\O)c3ccc(OCc4ccccc4C)cc3)C(=O)C(=O)N2c2nnc(C)s2)cc1. The molecule has 1 N–H and O–H groups in total. The normalized spacial score (nSPS) is 16.6. The number of amides is 1. The zero-order valence-electron chi connectivity index (χ0n) is 21.0. The Hall–Kier alpha value is -4.50. The highest BCUT2D eigenvalue weighted by atomic mass is 32.1. The number of aliphatic hydroxyl groups is 1. The molecule has 3 aromatic carbocycles. The van der Waals surface area contributed by atoms with E-state index < -0.39 is 17.7 Å². The lowest BCUT2D eigenvalue weighted by molar-refractivity contribution is -0.132. The number of ether oxygens (including phenoxy) is 2. The van der Waals surface area contributed by atoms with E-state index in [0.717, 1.165) is 11.1 Å². The first-order valence-electron chi connectivity index (χ1n) is 11.9. The number of benzene rings is 3. The Balaban J connectivity index is 1.50. The van der Waals surface area contributed by atoms with Crippen molar-refractivity contribution in [2.45, 2.75) is 26.5 Å². The minimum absolute atomic E-state index is 0.0263. The largest absolute Gasteiger partial charge is 0.507 e. The summed E-state index contributed by atoms with van der Waals surface area (Å²) in [5.74, 6) is -0.615. The smallest absolute Gasteiger partial charge is 0.301 e. The molecule has 0 spiro atoms. The number of aromatic nitrogens is 2. The van der Waals surface area contributed by atoms with E-state index in [2.05, 4.69) is 10.2 Å². The van der Waals surface area contributed by atoms with Crippen LogP contribution in [0.3, 0.4) is 0 Å². The van der Waals surface area contributed by atoms with E-state index in [1.807, 2.05) is 31.2 Å². The highest BCUT2D eigenvalue weighted by molar-refractivity contribution is 7.15. The molecule has 0 bridgehead atoms. The van der Waals surface area contributed by atoms with Crippen LogP contribution in [0.4, 0.5) is 5.13 Å². The van der Waals surface area contributed by atoms with Gasteiger partial charge in [-0.25, -0.2) is 0 Å². The van der Waals surface area contributed by atoms with Crippen molar-refractivity contribution < 1.29 is 24.2 Å². The van der Waals surface area contributed by atoms with Crippen LogP contribution in [0.25, 0.3) is 5.76 Å². The summed E-state index contributed by atoms with van der Waals surface area (Å²) in [5.41, 5.74) is 3.19. The minimum atomic E-state index is -0.884. The molecule has 1 amide bonds. The predicted octanol–water partition coefficient (Wildman–Crippen LogP) is 5.37. The number of aliphatic hydroxyl groups excluding tert-OH is 1. The van der Waals surface area contributed by atoms with E-state index in [4.69, 9.17) is 9.47 Å². The number of nitrogens with zero attached hydrogens (tertiary/aromatic N) is 3. The fraction of sp³-hybridized carbons (Fsp3) is 0.172. The van der Waals surface area contributed by atoms with Crippen LogP contribution < -0.4 is 14.4 Å². The molecule has 0 saturated carbocycles. The molecule has 5 rings (SSSR count). The molecule has 2 heterocycles. The maximum Gasteiger partial charge on any atom is 0.301 e. The van der Waals surface area contributed by atoms with Crippen LogP contribution in [0.2, 0.25) is 0 Å². The van der Waals surface area contributed by atoms with Crippen molar-refractivity contribution in [1.29, 1.82) is 0 Å². The van der Waals surface area contributed by atoms with Gasteiger partial charge in [-0.1, -0.05) is 47.7 Å². The second-order valence-electron chi connectivity index (χ2n) is 8.79. The Kier molecular flexibility index (Phi) is 6.93. The maximum absolute atomic E-state index is 13.3. The number of anilines is 1. The molecule has 1 fully saturated rings. The van der Waals surface area contributed by atoms with Crippen LogP contribution in [0.1, 0.15) is 33.3 Å². The zero-order valence-corrected chi connectivity index (χ0v) is 21.9. The first kappa shape index (κ1) is 25.2. The van der Waals surface area contributed by atoms with E-state index in [1.54, 1.807) is 62.6 Å². The summed E-state index contributed by atoms with van der Waals surface area (Å²) in [4.78, 5) is 27.8. The van der Waals surface area contributed by atoms with Crippen LogP contribution in [0.15, 0.2) is 78.4 Å². The number of ketones is 1. The van der Waals surface area contributed by atoms with Crippen molar-refractivity contribution in [2.24, 2.45) is 0 Å². The van der Waals surface area contributed by atoms with Gasteiger partial charge in [0.1, 0.15) is 28.9 Å². The van der Waals surface area contributed by atoms with E-state index in [0.29, 0.717) is 34.2 Å². The molecule has 8 nitrogen and oxygen atoms in total. The van der Waals surface area contributed by atoms with Crippen molar-refractivity contribution in [3.05, 3.63) is 106 Å². The number of carbonyl (C=O) groups excluding carboxylic acids is 2. The molecule has 0 aliphatic carbocycles. The van der Waals surface area contributed by atoms with Crippen molar-refractivity contribution in [3.8, 4) is 11.5 Å². The summed E-state index contributed by atoms with van der Waals surface area (Å²) in [6, 6.07) is 20.8. The summed E-state index contributed by atoms with van der Waals surface area (Å²) in [5, 5.41) is 20.4. The lowest BCUT2D eigenvalue weighted by atomic mass is 9.95. The topological polar surface area (TPSA) is 102 Å². The third-order valence-electron chi connectivity index (χ3n) is 6.38. The Bertz CT molecular complexity index is 1530. The molecule has 38 heavy (non-hydrogen) atoms. The van der Waals surface area contributed by atoms with Gasteiger partial charge in [0.15, 0.2) is 0 Å². The summed E-state index contributed by atoms with van der Waals surface area (Å²) < 4.78 is 11.2. The van der Waals surface area contributed by atoms with Crippen molar-refractivity contribution in [3.63, 3.8) is 0 Å². The Morgan fingerprint density at radius 3 is 2.26 bits per heavy atom. The summed E-state index contributed by atoms with van der Waals surface area (Å²) in [6.45, 7) is 4.20. The molecule has 1 aliphatic rings. The number of methoxy groups -OCH3 is 1. The number of hydrogen-bond acceptors (Lipinski definition) is 8. The lowest BCUT2D eigenvalue weighted by Gasteiger charge is -2.22. The molecule has 0 radical (unpaired) electrons. The molecule has 1 unspecified atom stereocenters. The van der Waals surface area contributed by atoms with Gasteiger partial charge in [0.2, 0.25) is 5.13 Å². The molecule has 1 atom stereocenters. The first-order chi connectivity index (χ1) is 18.4. The van der Waals surface area contributed by atoms with Crippen molar-refractivity contribution in [1.82, 2.24) is 10.2 Å². The Morgan fingerprint density at radius 1 is 0.947 bits per heavy atom. The molecular formula is C29H25N3O5S. The van der Waals surface area contributed by atoms with Crippen LogP contribution in [-0.4, -0.2) is 34.1 Å². The van der Waals surface area contributed by atoms with Gasteiger partial charge in [-0.05, 0) is 66.9 Å². The van der Waals surface area contributed by atoms with Gasteiger partial charge in [-0.2, -0.15) is 0 Å². The standard InChI is InChI=1S/C29H25N3O5S/c1-17-6-4-5-7-21(17)16-37-23-14-10-20(11-15-23)26(33)24-25(19-8-12-22(36-3)13-9-19)32(28(35)27(24)34)29-31-30-18(2)38-29/h4-15,25,33H,16H2,1-3H3/b26-24+. The molecular weight excluding hydrogens is 502 g/mol. The summed E-state index contributed by atoms with van der Waals surface area (Å²) in [6.07, 6.45) is 0. The van der Waals surface area contributed by atoms with Gasteiger partial charge in [-0.15, -0.1) is 10.2 Å². The number of rotatable bonds is 7. The average molecular weight is 528 g/mol. The van der Waals surface area contributed by atoms with Crippen LogP contribution in [-0.2, 0) is 16.2 Å². The van der Waals surface area contributed by atoms with E-state index in [9.17, 15) is 14.7 Å². The van der Waals surface area contributed by atoms with E-state index in [-0.39, 0.29) is 16.5 Å². The van der Waals surface area contributed by atoms with E-state index >= 15 is 0 Å². The molecule has 192 valence electrons. The van der Waals surface area contributed by atoms with E-state index in [1.165, 1.54) is 16.2 Å². The zero-order chi connectivity index (χ0) is 26.8. The van der Waals surface area contributed by atoms with Gasteiger partial charge < -0.3 is 14.6 Å². The van der Waals surface area contributed by atoms with Gasteiger partial charge in [0.25, 0.3) is 5.78 Å². The van der Waals surface area contributed by atoms with Crippen LogP contribution in [0.5, 0.6) is 11.5 Å². The van der Waals surface area contributed by atoms with Crippen molar-refractivity contribution >= 4 is 33.9 Å². The monoisotopic (exact) mass is 527 g/mol. The fourth-order valence-electron chi connectivity index (χ4n) is 4.31. The third kappa shape index (κ3) is 4.76. The van der Waals surface area contributed by atoms with Gasteiger partial charge in [0.05, 0.1) is 18.7 Å². The Labute approximate surface area is 223 Å². The van der Waals surface area contributed by atoms with Crippen LogP contribution >= 0.6 is 11.3 Å². The first-order valence-corrected chi connectivity index (χ1v) is 12.7. The number of aryl methyl sites for hydroxylation is 2. The molecule has 1 aliphatic heterocycles. The van der Waals surface area contributed by atoms with Crippen molar-refractivity contribution in [2.75, 3.05) is 12.0 Å². The average Bonchev–Trinajstić information content (AvgIpc) is 3.48. The van der Waals surface area contributed by atoms with Crippen LogP contribution in [0, 0.1) is 13.8 Å². The van der Waals surface area contributed by atoms with Gasteiger partial charge in [-0.3, -0.25) is 14.5 Å². The Morgan fingerprint density at radius 2 is 1.63 bits per heavy atom. The molecule has 1 aromatic heterocycles. The summed E-state index contributed by atoms with van der Waals surface area (Å²) >= 11 is 1.20. The predicted molar refractivity (Wildman–Crippen MR) is 144 cm³/mol. The summed E-state index contributed by atoms with van der Waals surface area (Å²) in [7, 11) is 1.56. The third-order valence-corrected chi connectivity index (χ3v) is 7.22. The molecule has 9 heteroatoms. The highest BCUT2D eigenvalue weighted by Gasteiger charge is 2.48. The number of hydrogen-bond donors (Lipinski definition) is 1. The second-order valence-corrected chi connectivity index (χ2v) is 9.95.